The summed E-state index contributed by atoms with van der Waals surface area (Å²) >= 11 is 12.1. The molecule has 0 bridgehead atoms. The number of fused-ring (bicyclic) bond motifs is 1. The zero-order valence-electron chi connectivity index (χ0n) is 16.8. The van der Waals surface area contributed by atoms with Gasteiger partial charge in [-0.05, 0) is 43.2 Å². The van der Waals surface area contributed by atoms with E-state index in [4.69, 9.17) is 27.6 Å². The largest absolute Gasteiger partial charge is 0.467 e. The number of furan rings is 1. The molecular formula is C21H18Cl2N6O3. The summed E-state index contributed by atoms with van der Waals surface area (Å²) in [7, 11) is 0. The van der Waals surface area contributed by atoms with Gasteiger partial charge in [0.2, 0.25) is 0 Å². The number of benzene rings is 1. The molecule has 5 rings (SSSR count). The van der Waals surface area contributed by atoms with Crippen LogP contribution in [0.15, 0.2) is 45.8 Å². The molecule has 1 fully saturated rings. The van der Waals surface area contributed by atoms with Gasteiger partial charge in [0.05, 0.1) is 16.8 Å². The fourth-order valence-corrected chi connectivity index (χ4v) is 4.41. The maximum atomic E-state index is 12.9. The van der Waals surface area contributed by atoms with Gasteiger partial charge in [0, 0.05) is 24.0 Å². The Hall–Kier alpha value is -3.17. The van der Waals surface area contributed by atoms with Crippen LogP contribution in [0.25, 0.3) is 11.2 Å². The van der Waals surface area contributed by atoms with Crippen molar-refractivity contribution in [3.63, 3.8) is 0 Å². The van der Waals surface area contributed by atoms with Crippen LogP contribution >= 0.6 is 23.2 Å². The van der Waals surface area contributed by atoms with E-state index in [2.05, 4.69) is 20.3 Å². The van der Waals surface area contributed by atoms with Gasteiger partial charge in [-0.2, -0.15) is 0 Å². The van der Waals surface area contributed by atoms with Gasteiger partial charge < -0.3 is 14.3 Å². The summed E-state index contributed by atoms with van der Waals surface area (Å²) in [6, 6.07) is 8.46. The van der Waals surface area contributed by atoms with Gasteiger partial charge in [-0.1, -0.05) is 28.4 Å². The fourth-order valence-electron chi connectivity index (χ4n) is 3.92. The molecule has 3 aromatic heterocycles. The van der Waals surface area contributed by atoms with Crippen molar-refractivity contribution in [2.24, 2.45) is 0 Å². The molecule has 1 aliphatic rings. The first-order valence-electron chi connectivity index (χ1n) is 10.1. The lowest BCUT2D eigenvalue weighted by Gasteiger charge is -2.31. The minimum Gasteiger partial charge on any atom is -0.467 e. The number of aromatic amines is 1. The first-order valence-corrected chi connectivity index (χ1v) is 10.9. The Morgan fingerprint density at radius 1 is 1.22 bits per heavy atom. The molecular weight excluding hydrogens is 455 g/mol. The second kappa shape index (κ2) is 8.40. The molecule has 0 atom stereocenters. The number of likely N-dealkylation sites (tertiary alicyclic amines) is 1. The molecule has 1 N–H and O–H groups in total. The summed E-state index contributed by atoms with van der Waals surface area (Å²) in [6.07, 6.45) is 2.89. The molecule has 1 aliphatic heterocycles. The van der Waals surface area contributed by atoms with Crippen LogP contribution in [0.1, 0.15) is 40.7 Å². The minimum atomic E-state index is -0.331. The van der Waals surface area contributed by atoms with Crippen molar-refractivity contribution in [3.05, 3.63) is 74.1 Å². The Morgan fingerprint density at radius 2 is 2.03 bits per heavy atom. The van der Waals surface area contributed by atoms with E-state index in [1.165, 1.54) is 0 Å². The van der Waals surface area contributed by atoms with Crippen molar-refractivity contribution >= 4 is 40.3 Å². The van der Waals surface area contributed by atoms with Crippen molar-refractivity contribution < 1.29 is 9.21 Å². The summed E-state index contributed by atoms with van der Waals surface area (Å²) in [4.78, 5) is 34.7. The number of carbonyl (C=O) groups excluding carboxylic acids is 1. The predicted octanol–water partition coefficient (Wildman–Crippen LogP) is 3.48. The average Bonchev–Trinajstić information content (AvgIpc) is 3.44. The average molecular weight is 473 g/mol. The maximum absolute atomic E-state index is 12.9. The van der Waals surface area contributed by atoms with Crippen molar-refractivity contribution in [2.45, 2.75) is 25.3 Å². The second-order valence-corrected chi connectivity index (χ2v) is 8.48. The smallest absolute Gasteiger partial charge is 0.281 e. The second-order valence-electron chi connectivity index (χ2n) is 7.64. The number of halogens is 2. The number of piperidine rings is 1. The molecule has 9 nitrogen and oxygen atoms in total. The van der Waals surface area contributed by atoms with Gasteiger partial charge in [0.25, 0.3) is 11.5 Å². The molecule has 0 saturated carbocycles. The molecule has 11 heteroatoms. The summed E-state index contributed by atoms with van der Waals surface area (Å²) < 4.78 is 6.91. The lowest BCUT2D eigenvalue weighted by molar-refractivity contribution is 0.0711. The normalized spacial score (nSPS) is 14.9. The molecule has 4 aromatic rings. The molecule has 4 heterocycles. The number of nitrogens with zero attached hydrogens (tertiary/aromatic N) is 5. The van der Waals surface area contributed by atoms with Gasteiger partial charge in [0.1, 0.15) is 18.1 Å². The Balaban J connectivity index is 1.34. The van der Waals surface area contributed by atoms with E-state index in [0.29, 0.717) is 65.3 Å². The molecule has 1 saturated heterocycles. The molecule has 164 valence electrons. The van der Waals surface area contributed by atoms with Crippen LogP contribution in [0.5, 0.6) is 0 Å². The Morgan fingerprint density at radius 3 is 2.75 bits per heavy atom. The van der Waals surface area contributed by atoms with Crippen LogP contribution in [0.2, 0.25) is 10.0 Å². The van der Waals surface area contributed by atoms with Crippen LogP contribution in [0, 0.1) is 0 Å². The zero-order valence-corrected chi connectivity index (χ0v) is 18.3. The third kappa shape index (κ3) is 3.89. The Labute approximate surface area is 191 Å². The summed E-state index contributed by atoms with van der Waals surface area (Å²) in [5.74, 6) is 1.13. The molecule has 0 aliphatic carbocycles. The lowest BCUT2D eigenvalue weighted by atomic mass is 9.95. The van der Waals surface area contributed by atoms with Crippen LogP contribution in [0.4, 0.5) is 0 Å². The predicted molar refractivity (Wildman–Crippen MR) is 118 cm³/mol. The quantitative estimate of drug-likeness (QED) is 0.486. The van der Waals surface area contributed by atoms with E-state index < -0.39 is 0 Å². The molecule has 0 unspecified atom stereocenters. The highest BCUT2D eigenvalue weighted by molar-refractivity contribution is 6.36. The lowest BCUT2D eigenvalue weighted by Crippen LogP contribution is -2.38. The minimum absolute atomic E-state index is 0.00352. The van der Waals surface area contributed by atoms with Crippen LogP contribution in [0.3, 0.4) is 0 Å². The molecule has 32 heavy (non-hydrogen) atoms. The van der Waals surface area contributed by atoms with E-state index in [1.54, 1.807) is 40.1 Å². The first kappa shape index (κ1) is 20.7. The van der Waals surface area contributed by atoms with Gasteiger partial charge in [-0.25, -0.2) is 9.67 Å². The van der Waals surface area contributed by atoms with Crippen molar-refractivity contribution in [3.8, 4) is 0 Å². The summed E-state index contributed by atoms with van der Waals surface area (Å²) in [5.41, 5.74) is 0.689. The number of nitrogens with one attached hydrogen (secondary N) is 1. The summed E-state index contributed by atoms with van der Waals surface area (Å²) in [6.45, 7) is 1.37. The van der Waals surface area contributed by atoms with Crippen molar-refractivity contribution in [1.29, 1.82) is 0 Å². The van der Waals surface area contributed by atoms with Gasteiger partial charge >= 0.3 is 0 Å². The van der Waals surface area contributed by atoms with Crippen molar-refractivity contribution in [1.82, 2.24) is 29.9 Å². The van der Waals surface area contributed by atoms with Crippen LogP contribution in [-0.4, -0.2) is 48.9 Å². The van der Waals surface area contributed by atoms with E-state index in [0.717, 1.165) is 0 Å². The van der Waals surface area contributed by atoms with Crippen molar-refractivity contribution in [2.75, 3.05) is 13.1 Å². The highest BCUT2D eigenvalue weighted by Gasteiger charge is 2.28. The highest BCUT2D eigenvalue weighted by atomic mass is 35.5. The number of hydrogen-bond donors (Lipinski definition) is 1. The van der Waals surface area contributed by atoms with Crippen LogP contribution in [-0.2, 0) is 6.54 Å². The first-order chi connectivity index (χ1) is 15.5. The number of amides is 1. The third-order valence-corrected chi connectivity index (χ3v) is 6.16. The zero-order chi connectivity index (χ0) is 22.2. The van der Waals surface area contributed by atoms with Crippen LogP contribution < -0.4 is 5.56 Å². The number of aromatic nitrogens is 5. The van der Waals surface area contributed by atoms with Gasteiger partial charge in [0.15, 0.2) is 11.2 Å². The molecule has 1 aromatic carbocycles. The summed E-state index contributed by atoms with van der Waals surface area (Å²) in [5, 5.41) is 8.82. The fraction of sp³-hybridized carbons (Fsp3) is 0.286. The van der Waals surface area contributed by atoms with Gasteiger partial charge in [-0.15, -0.1) is 5.10 Å². The third-order valence-electron chi connectivity index (χ3n) is 5.61. The number of carbonyl (C=O) groups is 1. The van der Waals surface area contributed by atoms with E-state index in [9.17, 15) is 9.59 Å². The maximum Gasteiger partial charge on any atom is 0.281 e. The van der Waals surface area contributed by atoms with E-state index in [1.807, 2.05) is 6.07 Å². The monoisotopic (exact) mass is 472 g/mol. The number of rotatable bonds is 4. The number of H-pyrrole nitrogens is 1. The molecule has 0 radical (unpaired) electrons. The Bertz CT molecular complexity index is 1340. The SMILES string of the molecule is O=C(c1ccc(Cl)cc1Cl)N1CCC(c2nc3c(nnn3Cc3ccco3)c(=O)[nH]2)CC1. The van der Waals surface area contributed by atoms with Gasteiger partial charge in [-0.3, -0.25) is 9.59 Å². The highest BCUT2D eigenvalue weighted by Crippen LogP contribution is 2.28. The van der Waals surface area contributed by atoms with E-state index in [-0.39, 0.29) is 22.9 Å². The standard InChI is InChI=1S/C21H18Cl2N6O3/c22-13-3-4-15(16(23)10-13)21(31)28-7-5-12(6-8-28)18-24-19-17(20(30)25-18)26-27-29(19)11-14-2-1-9-32-14/h1-4,9-10,12H,5-8,11H2,(H,24,25,30). The number of hydrogen-bond acceptors (Lipinski definition) is 6. The molecule has 1 amide bonds. The molecule has 0 spiro atoms. The topological polar surface area (TPSA) is 110 Å². The Kier molecular flexibility index (Phi) is 5.44. The van der Waals surface area contributed by atoms with E-state index >= 15 is 0 Å².